The fourth-order valence-electron chi connectivity index (χ4n) is 2.25. The van der Waals surface area contributed by atoms with Gasteiger partial charge in [-0.1, -0.05) is 42.5 Å². The van der Waals surface area contributed by atoms with Gasteiger partial charge in [0.2, 0.25) is 0 Å². The molecular weight excluding hydrogens is 226 g/mol. The summed E-state index contributed by atoms with van der Waals surface area (Å²) in [7, 11) is 1.46. The summed E-state index contributed by atoms with van der Waals surface area (Å²) < 4.78 is 4.84. The van der Waals surface area contributed by atoms with Crippen molar-refractivity contribution in [2.24, 2.45) is 5.92 Å². The zero-order chi connectivity index (χ0) is 12.8. The van der Waals surface area contributed by atoms with E-state index in [4.69, 9.17) is 4.74 Å². The molecule has 0 fully saturated rings. The molecule has 0 bridgehead atoms. The van der Waals surface area contributed by atoms with Gasteiger partial charge in [0.05, 0.1) is 13.0 Å². The van der Waals surface area contributed by atoms with Crippen LogP contribution in [-0.4, -0.2) is 31.1 Å². The Morgan fingerprint density at radius 2 is 2.11 bits per heavy atom. The first-order valence-electron chi connectivity index (χ1n) is 6.28. The fraction of sp³-hybridized carbons (Fsp3) is 0.400. The van der Waals surface area contributed by atoms with E-state index in [9.17, 15) is 4.79 Å². The highest BCUT2D eigenvalue weighted by atomic mass is 16.5. The minimum atomic E-state index is -0.111. The summed E-state index contributed by atoms with van der Waals surface area (Å²) in [5.41, 5.74) is 1.27. The molecule has 0 radical (unpaired) electrons. The van der Waals surface area contributed by atoms with Crippen LogP contribution in [-0.2, 0) is 16.1 Å². The van der Waals surface area contributed by atoms with Crippen LogP contribution in [0.1, 0.15) is 12.0 Å². The maximum absolute atomic E-state index is 11.6. The third-order valence-electron chi connectivity index (χ3n) is 3.21. The maximum atomic E-state index is 11.6. The Morgan fingerprint density at radius 3 is 2.83 bits per heavy atom. The van der Waals surface area contributed by atoms with Crippen LogP contribution in [0.2, 0.25) is 0 Å². The number of carbonyl (C=O) groups is 1. The van der Waals surface area contributed by atoms with Crippen molar-refractivity contribution in [2.75, 3.05) is 20.2 Å². The standard InChI is InChI=1S/C15H19NO2/c1-18-15(17)14-9-5-6-10-16(12-14)11-13-7-3-2-4-8-13/h2-8,14H,9-12H2,1H3. The predicted molar refractivity (Wildman–Crippen MR) is 71.0 cm³/mol. The second-order valence-corrected chi connectivity index (χ2v) is 4.61. The fourth-order valence-corrected chi connectivity index (χ4v) is 2.25. The quantitative estimate of drug-likeness (QED) is 0.604. The summed E-state index contributed by atoms with van der Waals surface area (Å²) in [5, 5.41) is 0. The van der Waals surface area contributed by atoms with Crippen LogP contribution >= 0.6 is 0 Å². The highest BCUT2D eigenvalue weighted by Crippen LogP contribution is 2.15. The lowest BCUT2D eigenvalue weighted by molar-refractivity contribution is -0.145. The summed E-state index contributed by atoms with van der Waals surface area (Å²) in [6, 6.07) is 10.3. The molecule has 0 saturated carbocycles. The number of benzene rings is 1. The van der Waals surface area contributed by atoms with Crippen molar-refractivity contribution < 1.29 is 9.53 Å². The van der Waals surface area contributed by atoms with E-state index in [-0.39, 0.29) is 11.9 Å². The number of carbonyl (C=O) groups excluding carboxylic acids is 1. The highest BCUT2D eigenvalue weighted by Gasteiger charge is 2.22. The molecule has 1 unspecified atom stereocenters. The van der Waals surface area contributed by atoms with E-state index in [0.29, 0.717) is 0 Å². The van der Waals surface area contributed by atoms with E-state index in [1.807, 2.05) is 18.2 Å². The molecule has 1 aromatic rings. The topological polar surface area (TPSA) is 29.5 Å². The number of rotatable bonds is 3. The lowest BCUT2D eigenvalue weighted by atomic mass is 10.1. The van der Waals surface area contributed by atoms with Crippen molar-refractivity contribution in [3.63, 3.8) is 0 Å². The molecule has 18 heavy (non-hydrogen) atoms. The SMILES string of the molecule is COC(=O)C1CC=CCN(Cc2ccccc2)C1. The van der Waals surface area contributed by atoms with E-state index in [1.165, 1.54) is 12.7 Å². The van der Waals surface area contributed by atoms with Crippen molar-refractivity contribution in [3.8, 4) is 0 Å². The van der Waals surface area contributed by atoms with Crippen LogP contribution in [0.4, 0.5) is 0 Å². The first-order valence-corrected chi connectivity index (χ1v) is 6.28. The van der Waals surface area contributed by atoms with Crippen LogP contribution in [0.5, 0.6) is 0 Å². The normalized spacial score (nSPS) is 20.4. The van der Waals surface area contributed by atoms with Gasteiger partial charge >= 0.3 is 5.97 Å². The lowest BCUT2D eigenvalue weighted by Crippen LogP contribution is -2.32. The largest absolute Gasteiger partial charge is 0.469 e. The first kappa shape index (κ1) is 12.8. The molecule has 0 saturated heterocycles. The van der Waals surface area contributed by atoms with E-state index >= 15 is 0 Å². The van der Waals surface area contributed by atoms with Crippen LogP contribution < -0.4 is 0 Å². The van der Waals surface area contributed by atoms with Crippen molar-refractivity contribution in [1.82, 2.24) is 4.90 Å². The molecule has 0 N–H and O–H groups in total. The molecule has 1 aliphatic heterocycles. The number of hydrogen-bond donors (Lipinski definition) is 0. The molecule has 0 aliphatic carbocycles. The van der Waals surface area contributed by atoms with E-state index in [1.54, 1.807) is 0 Å². The highest BCUT2D eigenvalue weighted by molar-refractivity contribution is 5.72. The van der Waals surface area contributed by atoms with Crippen LogP contribution in [0.15, 0.2) is 42.5 Å². The smallest absolute Gasteiger partial charge is 0.310 e. The molecular formula is C15H19NO2. The zero-order valence-corrected chi connectivity index (χ0v) is 10.7. The van der Waals surface area contributed by atoms with Crippen LogP contribution in [0.25, 0.3) is 0 Å². The summed E-state index contributed by atoms with van der Waals surface area (Å²) >= 11 is 0. The third-order valence-corrected chi connectivity index (χ3v) is 3.21. The molecule has 0 aromatic heterocycles. The van der Waals surface area contributed by atoms with Gasteiger partial charge in [0.15, 0.2) is 0 Å². The molecule has 1 heterocycles. The Morgan fingerprint density at radius 1 is 1.33 bits per heavy atom. The monoisotopic (exact) mass is 245 g/mol. The summed E-state index contributed by atoms with van der Waals surface area (Å²) in [6.07, 6.45) is 4.98. The van der Waals surface area contributed by atoms with Crippen LogP contribution in [0.3, 0.4) is 0 Å². The second-order valence-electron chi connectivity index (χ2n) is 4.61. The molecule has 3 nitrogen and oxygen atoms in total. The minimum Gasteiger partial charge on any atom is -0.469 e. The van der Waals surface area contributed by atoms with Crippen molar-refractivity contribution in [3.05, 3.63) is 48.0 Å². The lowest BCUT2D eigenvalue weighted by Gasteiger charge is -2.22. The van der Waals surface area contributed by atoms with Crippen molar-refractivity contribution in [2.45, 2.75) is 13.0 Å². The molecule has 2 rings (SSSR count). The minimum absolute atomic E-state index is 0.0440. The van der Waals surface area contributed by atoms with Gasteiger partial charge in [0.1, 0.15) is 0 Å². The Bertz CT molecular complexity index is 414. The van der Waals surface area contributed by atoms with Gasteiger partial charge in [0.25, 0.3) is 0 Å². The summed E-state index contributed by atoms with van der Waals surface area (Å²) in [6.45, 7) is 2.52. The number of hydrogen-bond acceptors (Lipinski definition) is 3. The number of nitrogens with zero attached hydrogens (tertiary/aromatic N) is 1. The predicted octanol–water partition coefficient (Wildman–Crippen LogP) is 2.24. The van der Waals surface area contributed by atoms with Gasteiger partial charge in [-0.2, -0.15) is 0 Å². The zero-order valence-electron chi connectivity index (χ0n) is 10.7. The van der Waals surface area contributed by atoms with Gasteiger partial charge in [-0.05, 0) is 12.0 Å². The number of esters is 1. The molecule has 1 aliphatic rings. The van der Waals surface area contributed by atoms with Crippen LogP contribution in [0, 0.1) is 5.92 Å². The van der Waals surface area contributed by atoms with Gasteiger partial charge in [0, 0.05) is 19.6 Å². The van der Waals surface area contributed by atoms with Crippen molar-refractivity contribution in [1.29, 1.82) is 0 Å². The first-order chi connectivity index (χ1) is 8.79. The summed E-state index contributed by atoms with van der Waals surface area (Å²) in [5.74, 6) is -0.155. The Labute approximate surface area is 108 Å². The average Bonchev–Trinajstić information content (AvgIpc) is 2.65. The Balaban J connectivity index is 2.00. The molecule has 0 amide bonds. The molecule has 0 spiro atoms. The Kier molecular flexibility index (Phi) is 4.53. The molecule has 1 atom stereocenters. The van der Waals surface area contributed by atoms with Gasteiger partial charge in [-0.3, -0.25) is 9.69 Å². The van der Waals surface area contributed by atoms with Gasteiger partial charge in [-0.15, -0.1) is 0 Å². The Hall–Kier alpha value is -1.61. The summed E-state index contributed by atoms with van der Waals surface area (Å²) in [4.78, 5) is 13.9. The van der Waals surface area contributed by atoms with E-state index < -0.39 is 0 Å². The maximum Gasteiger partial charge on any atom is 0.310 e. The molecule has 96 valence electrons. The number of allylic oxidation sites excluding steroid dienone is 1. The van der Waals surface area contributed by atoms with Gasteiger partial charge < -0.3 is 4.74 Å². The third kappa shape index (κ3) is 3.44. The number of ether oxygens (including phenoxy) is 1. The molecule has 3 heteroatoms. The molecule has 1 aromatic carbocycles. The van der Waals surface area contributed by atoms with E-state index in [2.05, 4.69) is 29.2 Å². The number of methoxy groups -OCH3 is 1. The van der Waals surface area contributed by atoms with Gasteiger partial charge in [-0.25, -0.2) is 0 Å². The second kappa shape index (κ2) is 6.36. The van der Waals surface area contributed by atoms with Crippen molar-refractivity contribution >= 4 is 5.97 Å². The average molecular weight is 245 g/mol. The van der Waals surface area contributed by atoms with E-state index in [0.717, 1.165) is 26.1 Å².